The van der Waals surface area contributed by atoms with Gasteiger partial charge < -0.3 is 19.7 Å². The monoisotopic (exact) mass is 406 g/mol. The number of nitrogens with zero attached hydrogens (tertiary/aromatic N) is 1. The number of fused-ring (bicyclic) bond motifs is 1. The minimum Gasteiger partial charge on any atom is -0.454 e. The molecule has 158 valence electrons. The number of carbonyl (C=O) groups excluding carboxylic acids is 1. The fraction of sp³-hybridized carbons (Fsp3) is 0.400. The molecule has 2 heterocycles. The van der Waals surface area contributed by atoms with Gasteiger partial charge in [-0.15, -0.1) is 0 Å². The van der Waals surface area contributed by atoms with Gasteiger partial charge in [-0.3, -0.25) is 0 Å². The van der Waals surface area contributed by atoms with Crippen molar-refractivity contribution in [2.75, 3.05) is 19.6 Å². The number of rotatable bonds is 6. The van der Waals surface area contributed by atoms with Crippen LogP contribution in [0, 0.1) is 6.92 Å². The minimum absolute atomic E-state index is 0.146. The number of aromatic nitrogens is 1. The fourth-order valence-corrected chi connectivity index (χ4v) is 4.23. The molecule has 0 amide bonds. The predicted octanol–water partition coefficient (Wildman–Crippen LogP) is 4.39. The van der Waals surface area contributed by atoms with Crippen LogP contribution in [0.25, 0.3) is 10.9 Å². The van der Waals surface area contributed by atoms with Gasteiger partial charge in [-0.25, -0.2) is 4.79 Å². The van der Waals surface area contributed by atoms with Crippen LogP contribution in [0.1, 0.15) is 53.0 Å². The summed E-state index contributed by atoms with van der Waals surface area (Å²) in [5.41, 5.74) is 4.60. The van der Waals surface area contributed by atoms with E-state index in [1.807, 2.05) is 44.2 Å². The molecule has 1 aliphatic rings. The zero-order valence-electron chi connectivity index (χ0n) is 17.7. The highest BCUT2D eigenvalue weighted by molar-refractivity contribution is 6.05. The average Bonchev–Trinajstić information content (AvgIpc) is 3.09. The topological polar surface area (TPSA) is 65.6 Å². The second-order valence-electron chi connectivity index (χ2n) is 8.29. The van der Waals surface area contributed by atoms with Crippen LogP contribution in [-0.2, 0) is 11.2 Å². The first-order chi connectivity index (χ1) is 14.5. The number of H-pyrrole nitrogens is 1. The van der Waals surface area contributed by atoms with Gasteiger partial charge in [0.1, 0.15) is 6.10 Å². The van der Waals surface area contributed by atoms with E-state index in [2.05, 4.69) is 28.1 Å². The van der Waals surface area contributed by atoms with Crippen molar-refractivity contribution in [3.63, 3.8) is 0 Å². The number of hydrogen-bond acceptors (Lipinski definition) is 4. The van der Waals surface area contributed by atoms with Gasteiger partial charge in [-0.05, 0) is 56.4 Å². The number of aliphatic hydroxyl groups excluding tert-OH is 1. The van der Waals surface area contributed by atoms with Gasteiger partial charge in [0, 0.05) is 36.2 Å². The first-order valence-corrected chi connectivity index (χ1v) is 10.8. The van der Waals surface area contributed by atoms with Gasteiger partial charge in [0.2, 0.25) is 0 Å². The maximum Gasteiger partial charge on any atom is 0.341 e. The molecule has 2 N–H and O–H groups in total. The summed E-state index contributed by atoms with van der Waals surface area (Å²) in [4.78, 5) is 18.7. The van der Waals surface area contributed by atoms with Gasteiger partial charge in [0.15, 0.2) is 0 Å². The van der Waals surface area contributed by atoms with Gasteiger partial charge in [0.25, 0.3) is 0 Å². The summed E-state index contributed by atoms with van der Waals surface area (Å²) in [6.45, 7) is 6.68. The van der Waals surface area contributed by atoms with Crippen molar-refractivity contribution in [1.82, 2.24) is 9.88 Å². The first kappa shape index (κ1) is 20.6. The molecular formula is C25H30N2O3. The van der Waals surface area contributed by atoms with Crippen molar-refractivity contribution < 1.29 is 14.6 Å². The van der Waals surface area contributed by atoms with Gasteiger partial charge >= 0.3 is 5.97 Å². The molecule has 30 heavy (non-hydrogen) atoms. The summed E-state index contributed by atoms with van der Waals surface area (Å²) in [7, 11) is 0. The van der Waals surface area contributed by atoms with Gasteiger partial charge in [-0.2, -0.15) is 0 Å². The van der Waals surface area contributed by atoms with E-state index in [0.29, 0.717) is 5.56 Å². The fourth-order valence-electron chi connectivity index (χ4n) is 4.23. The summed E-state index contributed by atoms with van der Waals surface area (Å²) in [5.74, 6) is -0.294. The average molecular weight is 407 g/mol. The lowest BCUT2D eigenvalue weighted by Crippen LogP contribution is -2.37. The second-order valence-corrected chi connectivity index (χ2v) is 8.29. The Morgan fingerprint density at radius 3 is 2.67 bits per heavy atom. The number of benzene rings is 2. The largest absolute Gasteiger partial charge is 0.454 e. The molecule has 0 bridgehead atoms. The van der Waals surface area contributed by atoms with E-state index >= 15 is 0 Å². The molecule has 3 aromatic rings. The van der Waals surface area contributed by atoms with Crippen molar-refractivity contribution >= 4 is 16.9 Å². The normalized spacial score (nSPS) is 16.6. The van der Waals surface area contributed by atoms with E-state index < -0.39 is 0 Å². The number of carbonyl (C=O) groups is 1. The van der Waals surface area contributed by atoms with Gasteiger partial charge in [-0.1, -0.05) is 36.4 Å². The molecule has 0 spiro atoms. The number of hydrogen-bond donors (Lipinski definition) is 2. The molecule has 0 radical (unpaired) electrons. The third-order valence-electron chi connectivity index (χ3n) is 6.08. The molecule has 5 nitrogen and oxygen atoms in total. The molecule has 1 aromatic heterocycles. The molecule has 1 fully saturated rings. The predicted molar refractivity (Wildman–Crippen MR) is 119 cm³/mol. The Morgan fingerprint density at radius 1 is 1.20 bits per heavy atom. The van der Waals surface area contributed by atoms with Crippen molar-refractivity contribution in [3.05, 3.63) is 70.9 Å². The van der Waals surface area contributed by atoms with Crippen molar-refractivity contribution in [3.8, 4) is 0 Å². The smallest absolute Gasteiger partial charge is 0.341 e. The van der Waals surface area contributed by atoms with Crippen LogP contribution in [0.4, 0.5) is 0 Å². The number of ether oxygens (including phenoxy) is 1. The quantitative estimate of drug-likeness (QED) is 0.596. The number of piperidine rings is 1. The zero-order valence-corrected chi connectivity index (χ0v) is 17.7. The summed E-state index contributed by atoms with van der Waals surface area (Å²) < 4.78 is 5.78. The Labute approximate surface area is 177 Å². The SMILES string of the molecule is Cc1[nH]c2ccc(CCN3CCC(O)CC3)cc2c1C(=O)OC(C)c1ccccc1. The molecule has 5 heteroatoms. The van der Waals surface area contributed by atoms with Crippen LogP contribution in [0.5, 0.6) is 0 Å². The lowest BCUT2D eigenvalue weighted by molar-refractivity contribution is 0.0339. The molecule has 1 saturated heterocycles. The Morgan fingerprint density at radius 2 is 1.93 bits per heavy atom. The molecule has 0 aliphatic carbocycles. The molecule has 1 aliphatic heterocycles. The summed E-state index contributed by atoms with van der Waals surface area (Å²) in [6, 6.07) is 16.1. The van der Waals surface area contributed by atoms with E-state index in [9.17, 15) is 9.90 Å². The van der Waals surface area contributed by atoms with Crippen LogP contribution in [0.2, 0.25) is 0 Å². The lowest BCUT2D eigenvalue weighted by Gasteiger charge is -2.29. The summed E-state index contributed by atoms with van der Waals surface area (Å²) >= 11 is 0. The van der Waals surface area contributed by atoms with Crippen LogP contribution >= 0.6 is 0 Å². The first-order valence-electron chi connectivity index (χ1n) is 10.8. The van der Waals surface area contributed by atoms with Crippen LogP contribution in [0.15, 0.2) is 48.5 Å². The molecule has 0 saturated carbocycles. The van der Waals surface area contributed by atoms with Gasteiger partial charge in [0.05, 0.1) is 11.7 Å². The van der Waals surface area contributed by atoms with Crippen LogP contribution in [0.3, 0.4) is 0 Å². The molecule has 2 aromatic carbocycles. The third kappa shape index (κ3) is 4.58. The van der Waals surface area contributed by atoms with Crippen LogP contribution < -0.4 is 0 Å². The summed E-state index contributed by atoms with van der Waals surface area (Å²) in [5, 5.41) is 10.6. The Bertz CT molecular complexity index is 1000. The highest BCUT2D eigenvalue weighted by Gasteiger charge is 2.21. The number of aryl methyl sites for hydroxylation is 1. The Hall–Kier alpha value is -2.63. The van der Waals surface area contributed by atoms with E-state index in [1.165, 1.54) is 5.56 Å². The van der Waals surface area contributed by atoms with E-state index in [1.54, 1.807) is 0 Å². The highest BCUT2D eigenvalue weighted by Crippen LogP contribution is 2.27. The third-order valence-corrected chi connectivity index (χ3v) is 6.08. The Balaban J connectivity index is 1.49. The van der Waals surface area contributed by atoms with Crippen molar-refractivity contribution in [2.45, 2.75) is 45.3 Å². The minimum atomic E-state index is -0.305. The maximum absolute atomic E-state index is 13.0. The molecular weight excluding hydrogens is 376 g/mol. The number of aromatic amines is 1. The number of aliphatic hydroxyl groups is 1. The van der Waals surface area contributed by atoms with Crippen molar-refractivity contribution in [2.24, 2.45) is 0 Å². The number of esters is 1. The lowest BCUT2D eigenvalue weighted by atomic mass is 10.0. The standard InChI is InChI=1S/C25H30N2O3/c1-17-24(25(29)30-18(2)20-6-4-3-5-7-20)22-16-19(8-9-23(22)26-17)10-13-27-14-11-21(28)12-15-27/h3-9,16,18,21,26,28H,10-15H2,1-2H3. The highest BCUT2D eigenvalue weighted by atomic mass is 16.5. The zero-order chi connectivity index (χ0) is 21.1. The van der Waals surface area contributed by atoms with E-state index in [4.69, 9.17) is 4.74 Å². The molecule has 4 rings (SSSR count). The number of likely N-dealkylation sites (tertiary alicyclic amines) is 1. The molecule has 1 atom stereocenters. The molecule has 1 unspecified atom stereocenters. The maximum atomic E-state index is 13.0. The second kappa shape index (κ2) is 9.02. The van der Waals surface area contributed by atoms with E-state index in [-0.39, 0.29) is 18.2 Å². The Kier molecular flexibility index (Phi) is 6.21. The number of nitrogens with one attached hydrogen (secondary N) is 1. The van der Waals surface area contributed by atoms with Crippen LogP contribution in [-0.4, -0.2) is 46.7 Å². The summed E-state index contributed by atoms with van der Waals surface area (Å²) in [6.07, 6.45) is 2.18. The van der Waals surface area contributed by atoms with E-state index in [0.717, 1.165) is 61.1 Å². The van der Waals surface area contributed by atoms with Crippen molar-refractivity contribution in [1.29, 1.82) is 0 Å².